The van der Waals surface area contributed by atoms with Crippen LogP contribution in [-0.2, 0) is 10.8 Å². The number of nitrogens with zero attached hydrogens (tertiary/aromatic N) is 1. The second-order valence-corrected chi connectivity index (χ2v) is 9.59. The molecule has 1 aromatic rings. The standard InChI is InChI=1S/C21H33NO4/c1-19(2,3)15-11-14(12-16(17(15)24)20(4,5)6)18(25)22-9-7-21(26,13-23)8-10-22/h11-12,23-24,26H,7-10,13H2,1-6H3. The minimum atomic E-state index is -1.08. The Hall–Kier alpha value is -1.59. The third-order valence-electron chi connectivity index (χ3n) is 5.25. The molecule has 1 aliphatic heterocycles. The van der Waals surface area contributed by atoms with Crippen molar-refractivity contribution >= 4 is 5.91 Å². The summed E-state index contributed by atoms with van der Waals surface area (Å²) >= 11 is 0. The van der Waals surface area contributed by atoms with E-state index in [0.29, 0.717) is 31.5 Å². The number of aliphatic hydroxyl groups is 2. The summed E-state index contributed by atoms with van der Waals surface area (Å²) in [4.78, 5) is 14.8. The molecule has 1 amide bonds. The molecule has 0 saturated carbocycles. The predicted octanol–water partition coefficient (Wildman–Crippen LogP) is 2.95. The highest BCUT2D eigenvalue weighted by Gasteiger charge is 2.34. The molecule has 0 unspecified atom stereocenters. The van der Waals surface area contributed by atoms with Crippen LogP contribution in [0.25, 0.3) is 0 Å². The minimum absolute atomic E-state index is 0.0963. The van der Waals surface area contributed by atoms with Gasteiger partial charge in [0.1, 0.15) is 5.75 Å². The van der Waals surface area contributed by atoms with E-state index in [2.05, 4.69) is 0 Å². The molecule has 0 radical (unpaired) electrons. The maximum atomic E-state index is 13.1. The summed E-state index contributed by atoms with van der Waals surface area (Å²) < 4.78 is 0. The molecular formula is C21H33NO4. The van der Waals surface area contributed by atoms with Gasteiger partial charge in [-0.25, -0.2) is 0 Å². The third kappa shape index (κ3) is 4.21. The van der Waals surface area contributed by atoms with Crippen LogP contribution in [0.4, 0.5) is 0 Å². The van der Waals surface area contributed by atoms with Crippen molar-refractivity contribution in [2.45, 2.75) is 70.8 Å². The van der Waals surface area contributed by atoms with Crippen molar-refractivity contribution in [2.75, 3.05) is 19.7 Å². The number of hydrogen-bond acceptors (Lipinski definition) is 4. The highest BCUT2D eigenvalue weighted by molar-refractivity contribution is 5.95. The number of piperidine rings is 1. The van der Waals surface area contributed by atoms with E-state index in [-0.39, 0.29) is 29.1 Å². The summed E-state index contributed by atoms with van der Waals surface area (Å²) in [5, 5.41) is 30.3. The fourth-order valence-electron chi connectivity index (χ4n) is 3.37. The molecule has 0 aliphatic carbocycles. The summed E-state index contributed by atoms with van der Waals surface area (Å²) in [5.41, 5.74) is 0.416. The van der Waals surface area contributed by atoms with Crippen LogP contribution in [0, 0.1) is 0 Å². The molecule has 1 aromatic carbocycles. The average Bonchev–Trinajstić information content (AvgIpc) is 2.53. The molecule has 0 spiro atoms. The van der Waals surface area contributed by atoms with Gasteiger partial charge >= 0.3 is 0 Å². The number of phenolic OH excluding ortho intramolecular Hbond substituents is 1. The molecule has 146 valence electrons. The molecule has 1 saturated heterocycles. The van der Waals surface area contributed by atoms with E-state index in [9.17, 15) is 20.1 Å². The van der Waals surface area contributed by atoms with Gasteiger partial charge in [-0.1, -0.05) is 41.5 Å². The summed E-state index contributed by atoms with van der Waals surface area (Å²) in [6.07, 6.45) is 0.733. The van der Waals surface area contributed by atoms with Crippen LogP contribution in [0.5, 0.6) is 5.75 Å². The number of benzene rings is 1. The van der Waals surface area contributed by atoms with E-state index in [1.807, 2.05) is 41.5 Å². The molecule has 3 N–H and O–H groups in total. The van der Waals surface area contributed by atoms with Crippen LogP contribution >= 0.6 is 0 Å². The Balaban J connectivity index is 2.42. The van der Waals surface area contributed by atoms with E-state index in [0.717, 1.165) is 11.1 Å². The van der Waals surface area contributed by atoms with Gasteiger partial charge in [-0.05, 0) is 35.8 Å². The van der Waals surface area contributed by atoms with Crippen molar-refractivity contribution in [3.8, 4) is 5.75 Å². The lowest BCUT2D eigenvalue weighted by molar-refractivity contribution is -0.0546. The molecule has 0 aromatic heterocycles. The number of phenols is 1. The van der Waals surface area contributed by atoms with Gasteiger partial charge in [-0.3, -0.25) is 4.79 Å². The summed E-state index contributed by atoms with van der Waals surface area (Å²) in [6, 6.07) is 3.58. The second kappa shape index (κ2) is 6.86. The summed E-state index contributed by atoms with van der Waals surface area (Å²) in [6.45, 7) is 12.7. The molecule has 0 atom stereocenters. The van der Waals surface area contributed by atoms with Gasteiger partial charge in [0, 0.05) is 29.8 Å². The van der Waals surface area contributed by atoms with Crippen molar-refractivity contribution < 1.29 is 20.1 Å². The van der Waals surface area contributed by atoms with Gasteiger partial charge in [0.15, 0.2) is 0 Å². The predicted molar refractivity (Wildman–Crippen MR) is 103 cm³/mol. The zero-order valence-corrected chi connectivity index (χ0v) is 16.9. The molecular weight excluding hydrogens is 330 g/mol. The van der Waals surface area contributed by atoms with E-state index in [4.69, 9.17) is 0 Å². The molecule has 5 nitrogen and oxygen atoms in total. The fourth-order valence-corrected chi connectivity index (χ4v) is 3.37. The zero-order chi connectivity index (χ0) is 19.9. The van der Waals surface area contributed by atoms with Gasteiger partial charge in [0.05, 0.1) is 12.2 Å². The fraction of sp³-hybridized carbons (Fsp3) is 0.667. The Bertz CT molecular complexity index is 639. The number of aromatic hydroxyl groups is 1. The first-order chi connectivity index (χ1) is 11.8. The Labute approximate surface area is 156 Å². The van der Waals surface area contributed by atoms with Crippen molar-refractivity contribution in [2.24, 2.45) is 0 Å². The topological polar surface area (TPSA) is 81.0 Å². The summed E-state index contributed by atoms with van der Waals surface area (Å²) in [7, 11) is 0. The number of aliphatic hydroxyl groups excluding tert-OH is 1. The van der Waals surface area contributed by atoms with Crippen molar-refractivity contribution in [3.63, 3.8) is 0 Å². The van der Waals surface area contributed by atoms with Crippen molar-refractivity contribution in [3.05, 3.63) is 28.8 Å². The van der Waals surface area contributed by atoms with Crippen LogP contribution in [-0.4, -0.2) is 51.4 Å². The van der Waals surface area contributed by atoms with Gasteiger partial charge in [-0.2, -0.15) is 0 Å². The Morgan fingerprint density at radius 3 is 1.81 bits per heavy atom. The lowest BCUT2D eigenvalue weighted by atomic mass is 9.78. The number of carbonyl (C=O) groups excluding carboxylic acids is 1. The monoisotopic (exact) mass is 363 g/mol. The van der Waals surface area contributed by atoms with Crippen molar-refractivity contribution in [1.82, 2.24) is 4.90 Å². The van der Waals surface area contributed by atoms with Crippen molar-refractivity contribution in [1.29, 1.82) is 0 Å². The number of amides is 1. The van der Waals surface area contributed by atoms with Gasteiger partial charge < -0.3 is 20.2 Å². The first kappa shape index (κ1) is 20.7. The molecule has 2 rings (SSSR count). The highest BCUT2D eigenvalue weighted by atomic mass is 16.3. The molecule has 1 aliphatic rings. The van der Waals surface area contributed by atoms with Gasteiger partial charge in [0.2, 0.25) is 0 Å². The Kier molecular flexibility index (Phi) is 5.46. The maximum Gasteiger partial charge on any atom is 0.253 e. The molecule has 1 fully saturated rings. The third-order valence-corrected chi connectivity index (χ3v) is 5.25. The molecule has 5 heteroatoms. The maximum absolute atomic E-state index is 13.1. The highest BCUT2D eigenvalue weighted by Crippen LogP contribution is 2.40. The normalized spacial score (nSPS) is 18.1. The smallest absolute Gasteiger partial charge is 0.253 e. The van der Waals surface area contributed by atoms with E-state index in [1.165, 1.54) is 0 Å². The largest absolute Gasteiger partial charge is 0.507 e. The van der Waals surface area contributed by atoms with E-state index in [1.54, 1.807) is 17.0 Å². The molecule has 0 bridgehead atoms. The molecule has 26 heavy (non-hydrogen) atoms. The van der Waals surface area contributed by atoms with E-state index >= 15 is 0 Å². The van der Waals surface area contributed by atoms with Crippen LogP contribution in [0.2, 0.25) is 0 Å². The first-order valence-corrected chi connectivity index (χ1v) is 9.29. The number of likely N-dealkylation sites (tertiary alicyclic amines) is 1. The van der Waals surface area contributed by atoms with Crippen LogP contribution in [0.3, 0.4) is 0 Å². The van der Waals surface area contributed by atoms with Crippen LogP contribution < -0.4 is 0 Å². The lowest BCUT2D eigenvalue weighted by Gasteiger charge is -2.37. The number of hydrogen-bond donors (Lipinski definition) is 3. The average molecular weight is 363 g/mol. The van der Waals surface area contributed by atoms with Gasteiger partial charge in [-0.15, -0.1) is 0 Å². The van der Waals surface area contributed by atoms with E-state index < -0.39 is 5.60 Å². The van der Waals surface area contributed by atoms with Crippen LogP contribution in [0.15, 0.2) is 12.1 Å². The van der Waals surface area contributed by atoms with Crippen LogP contribution in [0.1, 0.15) is 75.9 Å². The SMILES string of the molecule is CC(C)(C)c1cc(C(=O)N2CCC(O)(CO)CC2)cc(C(C)(C)C)c1O. The van der Waals surface area contributed by atoms with Gasteiger partial charge in [0.25, 0.3) is 5.91 Å². The summed E-state index contributed by atoms with van der Waals surface area (Å²) in [5.74, 6) is 0.163. The molecule has 1 heterocycles. The first-order valence-electron chi connectivity index (χ1n) is 9.29. The Morgan fingerprint density at radius 2 is 1.46 bits per heavy atom. The number of carbonyl (C=O) groups is 1. The quantitative estimate of drug-likeness (QED) is 0.755. The zero-order valence-electron chi connectivity index (χ0n) is 16.9. The number of rotatable bonds is 2. The second-order valence-electron chi connectivity index (χ2n) is 9.59. The lowest BCUT2D eigenvalue weighted by Crippen LogP contribution is -2.48. The Morgan fingerprint density at radius 1 is 1.04 bits per heavy atom. The minimum Gasteiger partial charge on any atom is -0.507 e.